The summed E-state index contributed by atoms with van der Waals surface area (Å²) >= 11 is 12.3. The predicted molar refractivity (Wildman–Crippen MR) is 97.7 cm³/mol. The quantitative estimate of drug-likeness (QED) is 0.599. The van der Waals surface area contributed by atoms with Gasteiger partial charge in [-0.15, -0.1) is 0 Å². The Morgan fingerprint density at radius 3 is 2.28 bits per heavy atom. The number of non-ortho nitro benzene ring substituents is 1. The van der Waals surface area contributed by atoms with Crippen LogP contribution in [0.4, 0.5) is 11.4 Å². The lowest BCUT2D eigenvalue weighted by Crippen LogP contribution is -2.49. The number of para-hydroxylation sites is 1. The van der Waals surface area contributed by atoms with Crippen LogP contribution in [0, 0.1) is 10.1 Å². The average Bonchev–Trinajstić information content (AvgIpc) is 2.61. The molecule has 1 heterocycles. The summed E-state index contributed by atoms with van der Waals surface area (Å²) in [7, 11) is 0. The van der Waals surface area contributed by atoms with Gasteiger partial charge in [-0.25, -0.2) is 0 Å². The van der Waals surface area contributed by atoms with Crippen molar-refractivity contribution in [3.8, 4) is 0 Å². The Balaban J connectivity index is 1.70. The van der Waals surface area contributed by atoms with Crippen molar-refractivity contribution >= 4 is 40.5 Å². The SMILES string of the molecule is O=C(c1ccc([N+](=O)[O-])cc1Cl)N1CCN(c2ccccc2Cl)CC1. The normalized spacial score (nSPS) is 14.5. The van der Waals surface area contributed by atoms with Gasteiger partial charge in [0.1, 0.15) is 0 Å². The second kappa shape index (κ2) is 7.29. The summed E-state index contributed by atoms with van der Waals surface area (Å²) in [5.41, 5.74) is 1.09. The van der Waals surface area contributed by atoms with Crippen molar-refractivity contribution in [1.29, 1.82) is 0 Å². The first-order chi connectivity index (χ1) is 12.0. The molecule has 0 atom stereocenters. The van der Waals surface area contributed by atoms with E-state index in [9.17, 15) is 14.9 Å². The van der Waals surface area contributed by atoms with Crippen molar-refractivity contribution in [3.63, 3.8) is 0 Å². The number of amides is 1. The van der Waals surface area contributed by atoms with Crippen molar-refractivity contribution in [2.75, 3.05) is 31.1 Å². The molecule has 0 saturated carbocycles. The van der Waals surface area contributed by atoms with Gasteiger partial charge in [-0.05, 0) is 18.2 Å². The minimum absolute atomic E-state index is 0.0905. The molecular formula is C17H15Cl2N3O3. The number of hydrogen-bond acceptors (Lipinski definition) is 4. The molecule has 1 aliphatic heterocycles. The van der Waals surface area contributed by atoms with E-state index < -0.39 is 4.92 Å². The average molecular weight is 380 g/mol. The van der Waals surface area contributed by atoms with Crippen molar-refractivity contribution in [1.82, 2.24) is 4.90 Å². The second-order valence-electron chi connectivity index (χ2n) is 5.65. The number of nitrogens with zero attached hydrogens (tertiary/aromatic N) is 3. The zero-order valence-electron chi connectivity index (χ0n) is 13.2. The third-order valence-electron chi connectivity index (χ3n) is 4.15. The van der Waals surface area contributed by atoms with Crippen LogP contribution in [0.3, 0.4) is 0 Å². The number of benzene rings is 2. The van der Waals surface area contributed by atoms with Crippen LogP contribution < -0.4 is 4.90 Å². The van der Waals surface area contributed by atoms with Crippen LogP contribution in [0.5, 0.6) is 0 Å². The van der Waals surface area contributed by atoms with E-state index in [4.69, 9.17) is 23.2 Å². The summed E-state index contributed by atoms with van der Waals surface area (Å²) in [4.78, 5) is 26.7. The molecule has 1 aliphatic rings. The standard InChI is InChI=1S/C17H15Cl2N3O3/c18-14-3-1-2-4-16(14)20-7-9-21(10-8-20)17(23)13-6-5-12(22(24)25)11-15(13)19/h1-6,11H,7-10H2. The summed E-state index contributed by atoms with van der Waals surface area (Å²) in [6, 6.07) is 11.5. The van der Waals surface area contributed by atoms with Gasteiger partial charge in [-0.1, -0.05) is 35.3 Å². The fourth-order valence-electron chi connectivity index (χ4n) is 2.82. The molecule has 0 unspecified atom stereocenters. The minimum Gasteiger partial charge on any atom is -0.367 e. The lowest BCUT2D eigenvalue weighted by atomic mass is 10.1. The Morgan fingerprint density at radius 1 is 1.00 bits per heavy atom. The van der Waals surface area contributed by atoms with Gasteiger partial charge in [0, 0.05) is 38.3 Å². The molecule has 3 rings (SSSR count). The first-order valence-electron chi connectivity index (χ1n) is 7.70. The van der Waals surface area contributed by atoms with Crippen molar-refractivity contribution < 1.29 is 9.72 Å². The number of nitro groups is 1. The van der Waals surface area contributed by atoms with Gasteiger partial charge >= 0.3 is 0 Å². The van der Waals surface area contributed by atoms with Crippen molar-refractivity contribution in [2.24, 2.45) is 0 Å². The molecule has 0 bridgehead atoms. The van der Waals surface area contributed by atoms with Crippen LogP contribution in [-0.4, -0.2) is 41.9 Å². The first-order valence-corrected chi connectivity index (χ1v) is 8.45. The van der Waals surface area contributed by atoms with Crippen molar-refractivity contribution in [2.45, 2.75) is 0 Å². The van der Waals surface area contributed by atoms with Gasteiger partial charge in [-0.3, -0.25) is 14.9 Å². The van der Waals surface area contributed by atoms with Crippen molar-refractivity contribution in [3.05, 3.63) is 68.2 Å². The molecule has 1 saturated heterocycles. The smallest absolute Gasteiger partial charge is 0.270 e. The summed E-state index contributed by atoms with van der Waals surface area (Å²) in [6.07, 6.45) is 0. The molecule has 1 fully saturated rings. The molecule has 0 radical (unpaired) electrons. The molecular weight excluding hydrogens is 365 g/mol. The van der Waals surface area contributed by atoms with Gasteiger partial charge in [0.25, 0.3) is 11.6 Å². The van der Waals surface area contributed by atoms with Crippen LogP contribution in [0.2, 0.25) is 10.0 Å². The third kappa shape index (κ3) is 3.70. The number of carbonyl (C=O) groups is 1. The minimum atomic E-state index is -0.539. The Hall–Kier alpha value is -2.31. The van der Waals surface area contributed by atoms with E-state index in [1.54, 1.807) is 4.90 Å². The highest BCUT2D eigenvalue weighted by Gasteiger charge is 2.25. The molecule has 0 N–H and O–H groups in total. The van der Waals surface area contributed by atoms with E-state index >= 15 is 0 Å². The largest absolute Gasteiger partial charge is 0.367 e. The van der Waals surface area contributed by atoms with Gasteiger partial charge in [0.15, 0.2) is 0 Å². The van der Waals surface area contributed by atoms with Gasteiger partial charge < -0.3 is 9.80 Å². The highest BCUT2D eigenvalue weighted by molar-refractivity contribution is 6.34. The first kappa shape index (κ1) is 17.5. The molecule has 130 valence electrons. The number of piperazine rings is 1. The third-order valence-corrected chi connectivity index (χ3v) is 4.79. The summed E-state index contributed by atoms with van der Waals surface area (Å²) in [5, 5.41) is 11.5. The van der Waals surface area contributed by atoms with E-state index in [2.05, 4.69) is 4.90 Å². The maximum atomic E-state index is 12.6. The molecule has 6 nitrogen and oxygen atoms in total. The second-order valence-corrected chi connectivity index (χ2v) is 6.47. The van der Waals surface area contributed by atoms with Gasteiger partial charge in [0.05, 0.1) is 26.2 Å². The van der Waals surface area contributed by atoms with Crippen LogP contribution in [0.15, 0.2) is 42.5 Å². The maximum absolute atomic E-state index is 12.6. The van der Waals surface area contributed by atoms with Crippen LogP contribution in [0.1, 0.15) is 10.4 Å². The molecule has 25 heavy (non-hydrogen) atoms. The Bertz CT molecular complexity index is 821. The van der Waals surface area contributed by atoms with E-state index in [-0.39, 0.29) is 22.2 Å². The lowest BCUT2D eigenvalue weighted by molar-refractivity contribution is -0.384. The highest BCUT2D eigenvalue weighted by atomic mass is 35.5. The number of carbonyl (C=O) groups excluding carboxylic acids is 1. The lowest BCUT2D eigenvalue weighted by Gasteiger charge is -2.36. The van der Waals surface area contributed by atoms with Gasteiger partial charge in [0.2, 0.25) is 0 Å². The predicted octanol–water partition coefficient (Wildman–Crippen LogP) is 3.86. The van der Waals surface area contributed by atoms with Crippen LogP contribution in [-0.2, 0) is 0 Å². The van der Waals surface area contributed by atoms with E-state index in [0.717, 1.165) is 5.69 Å². The fourth-order valence-corrected chi connectivity index (χ4v) is 3.33. The molecule has 2 aromatic carbocycles. The Labute approximate surface area is 154 Å². The number of nitro benzene ring substituents is 1. The number of anilines is 1. The zero-order chi connectivity index (χ0) is 18.0. The fraction of sp³-hybridized carbons (Fsp3) is 0.235. The Morgan fingerprint density at radius 2 is 1.68 bits per heavy atom. The molecule has 1 amide bonds. The highest BCUT2D eigenvalue weighted by Crippen LogP contribution is 2.27. The molecule has 0 aromatic heterocycles. The topological polar surface area (TPSA) is 66.7 Å². The maximum Gasteiger partial charge on any atom is 0.270 e. The van der Waals surface area contributed by atoms with Crippen LogP contribution in [0.25, 0.3) is 0 Å². The van der Waals surface area contributed by atoms with Gasteiger partial charge in [-0.2, -0.15) is 0 Å². The number of halogens is 2. The monoisotopic (exact) mass is 379 g/mol. The van der Waals surface area contributed by atoms with E-state index in [1.165, 1.54) is 18.2 Å². The summed E-state index contributed by atoms with van der Waals surface area (Å²) in [5.74, 6) is -0.223. The van der Waals surface area contributed by atoms with E-state index in [0.29, 0.717) is 31.2 Å². The number of hydrogen-bond donors (Lipinski definition) is 0. The molecule has 2 aromatic rings. The number of rotatable bonds is 3. The zero-order valence-corrected chi connectivity index (χ0v) is 14.7. The molecule has 8 heteroatoms. The summed E-state index contributed by atoms with van der Waals surface area (Å²) < 4.78 is 0. The Kier molecular flexibility index (Phi) is 5.11. The molecule has 0 spiro atoms. The van der Waals surface area contributed by atoms with Crippen LogP contribution >= 0.6 is 23.2 Å². The van der Waals surface area contributed by atoms with E-state index in [1.807, 2.05) is 24.3 Å². The molecule has 0 aliphatic carbocycles. The summed E-state index contributed by atoms with van der Waals surface area (Å²) in [6.45, 7) is 2.36.